The van der Waals surface area contributed by atoms with Crippen molar-refractivity contribution in [2.75, 3.05) is 32.8 Å². The quantitative estimate of drug-likeness (QED) is 0.855. The van der Waals surface area contributed by atoms with Gasteiger partial charge in [0.1, 0.15) is 0 Å². The molecule has 1 saturated heterocycles. The number of likely N-dealkylation sites (N-methyl/N-ethyl adjacent to an activating group) is 1. The molecule has 19 heavy (non-hydrogen) atoms. The lowest BCUT2D eigenvalue weighted by Crippen LogP contribution is -2.48. The Morgan fingerprint density at radius 2 is 2.42 bits per heavy atom. The number of nitrogens with one attached hydrogen (secondary N) is 1. The molecular formula is C14H23BrN2OS. The Hall–Kier alpha value is 0.0600. The number of thiophene rings is 1. The second kappa shape index (κ2) is 7.74. The van der Waals surface area contributed by atoms with E-state index >= 15 is 0 Å². The van der Waals surface area contributed by atoms with Crippen molar-refractivity contribution in [3.8, 4) is 0 Å². The normalized spacial score (nSPS) is 22.6. The predicted octanol–water partition coefficient (Wildman–Crippen LogP) is 3.27. The van der Waals surface area contributed by atoms with Crippen LogP contribution in [-0.2, 0) is 4.74 Å². The van der Waals surface area contributed by atoms with E-state index in [0.29, 0.717) is 6.04 Å². The first-order chi connectivity index (χ1) is 9.26. The van der Waals surface area contributed by atoms with Crippen molar-refractivity contribution in [2.45, 2.75) is 32.4 Å². The summed E-state index contributed by atoms with van der Waals surface area (Å²) >= 11 is 5.45. The molecule has 1 aliphatic rings. The van der Waals surface area contributed by atoms with Crippen LogP contribution >= 0.6 is 27.3 Å². The Morgan fingerprint density at radius 3 is 3.05 bits per heavy atom. The number of ether oxygens (including phenoxy) is 1. The number of hydrogen-bond acceptors (Lipinski definition) is 4. The molecule has 1 aliphatic heterocycles. The summed E-state index contributed by atoms with van der Waals surface area (Å²) in [6, 6.07) is 2.41. The SMILES string of the molecule is CCCN1CCOC(C(NCC)c2sccc2Br)C1. The third kappa shape index (κ3) is 4.02. The van der Waals surface area contributed by atoms with Gasteiger partial charge in [-0.2, -0.15) is 0 Å². The molecule has 1 fully saturated rings. The second-order valence-corrected chi connectivity index (χ2v) is 6.68. The summed E-state index contributed by atoms with van der Waals surface area (Å²) in [6.45, 7) is 9.45. The highest BCUT2D eigenvalue weighted by molar-refractivity contribution is 9.10. The Labute approximate surface area is 128 Å². The fraction of sp³-hybridized carbons (Fsp3) is 0.714. The minimum atomic E-state index is 0.246. The highest BCUT2D eigenvalue weighted by Gasteiger charge is 2.30. The van der Waals surface area contributed by atoms with Gasteiger partial charge in [-0.1, -0.05) is 13.8 Å². The number of rotatable bonds is 6. The van der Waals surface area contributed by atoms with Crippen LogP contribution in [0.1, 0.15) is 31.2 Å². The summed E-state index contributed by atoms with van der Waals surface area (Å²) in [5.41, 5.74) is 0. The molecule has 2 rings (SSSR count). The van der Waals surface area contributed by atoms with Crippen LogP contribution in [0.2, 0.25) is 0 Å². The maximum Gasteiger partial charge on any atom is 0.0905 e. The Balaban J connectivity index is 2.08. The minimum absolute atomic E-state index is 0.246. The van der Waals surface area contributed by atoms with E-state index in [1.807, 2.05) is 0 Å². The summed E-state index contributed by atoms with van der Waals surface area (Å²) in [5, 5.41) is 5.72. The summed E-state index contributed by atoms with van der Waals surface area (Å²) < 4.78 is 7.22. The highest BCUT2D eigenvalue weighted by atomic mass is 79.9. The van der Waals surface area contributed by atoms with Crippen molar-refractivity contribution in [3.05, 3.63) is 20.8 Å². The molecule has 2 unspecified atom stereocenters. The topological polar surface area (TPSA) is 24.5 Å². The molecule has 3 nitrogen and oxygen atoms in total. The predicted molar refractivity (Wildman–Crippen MR) is 84.9 cm³/mol. The molecule has 0 spiro atoms. The van der Waals surface area contributed by atoms with E-state index in [4.69, 9.17) is 4.74 Å². The van der Waals surface area contributed by atoms with Crippen molar-refractivity contribution < 1.29 is 4.74 Å². The van der Waals surface area contributed by atoms with E-state index in [1.54, 1.807) is 11.3 Å². The lowest BCUT2D eigenvalue weighted by atomic mass is 10.1. The summed E-state index contributed by atoms with van der Waals surface area (Å²) in [5.74, 6) is 0. The van der Waals surface area contributed by atoms with Crippen LogP contribution in [0.15, 0.2) is 15.9 Å². The standard InChI is InChI=1S/C14H23BrN2OS/c1-3-6-17-7-8-18-12(10-17)13(16-4-2)14-11(15)5-9-19-14/h5,9,12-13,16H,3-4,6-8,10H2,1-2H3. The van der Waals surface area contributed by atoms with Gasteiger partial charge in [-0.15, -0.1) is 11.3 Å². The minimum Gasteiger partial charge on any atom is -0.374 e. The zero-order chi connectivity index (χ0) is 13.7. The molecule has 1 aromatic heterocycles. The largest absolute Gasteiger partial charge is 0.374 e. The first-order valence-corrected chi connectivity index (χ1v) is 8.73. The summed E-state index contributed by atoms with van der Waals surface area (Å²) in [7, 11) is 0. The van der Waals surface area contributed by atoms with Gasteiger partial charge < -0.3 is 10.1 Å². The van der Waals surface area contributed by atoms with Crippen LogP contribution in [0.5, 0.6) is 0 Å². The van der Waals surface area contributed by atoms with E-state index in [1.165, 1.54) is 22.3 Å². The van der Waals surface area contributed by atoms with Gasteiger partial charge in [-0.25, -0.2) is 0 Å². The van der Waals surface area contributed by atoms with Crippen LogP contribution in [-0.4, -0.2) is 43.8 Å². The van der Waals surface area contributed by atoms with E-state index in [9.17, 15) is 0 Å². The third-order valence-electron chi connectivity index (χ3n) is 3.44. The lowest BCUT2D eigenvalue weighted by Gasteiger charge is -2.37. The van der Waals surface area contributed by atoms with Crippen LogP contribution in [0.4, 0.5) is 0 Å². The van der Waals surface area contributed by atoms with Gasteiger partial charge >= 0.3 is 0 Å². The van der Waals surface area contributed by atoms with Crippen LogP contribution in [0.25, 0.3) is 0 Å². The molecule has 0 amide bonds. The molecular weight excluding hydrogens is 324 g/mol. The van der Waals surface area contributed by atoms with Crippen LogP contribution in [0.3, 0.4) is 0 Å². The van der Waals surface area contributed by atoms with Gasteiger partial charge in [0, 0.05) is 22.4 Å². The molecule has 1 aromatic rings. The molecule has 0 bridgehead atoms. The van der Waals surface area contributed by atoms with Gasteiger partial charge in [0.25, 0.3) is 0 Å². The molecule has 5 heteroatoms. The van der Waals surface area contributed by atoms with E-state index in [2.05, 4.69) is 51.4 Å². The fourth-order valence-corrected chi connectivity index (χ4v) is 4.34. The van der Waals surface area contributed by atoms with Crippen molar-refractivity contribution in [2.24, 2.45) is 0 Å². The zero-order valence-corrected chi connectivity index (χ0v) is 14.1. The smallest absolute Gasteiger partial charge is 0.0905 e. The first-order valence-electron chi connectivity index (χ1n) is 7.06. The van der Waals surface area contributed by atoms with Gasteiger partial charge in [0.2, 0.25) is 0 Å². The molecule has 0 saturated carbocycles. The number of hydrogen-bond donors (Lipinski definition) is 1. The summed E-state index contributed by atoms with van der Waals surface area (Å²) in [6.07, 6.45) is 1.46. The molecule has 0 radical (unpaired) electrons. The molecule has 108 valence electrons. The molecule has 2 atom stereocenters. The Bertz CT molecular complexity index is 383. The van der Waals surface area contributed by atoms with Gasteiger partial charge in [-0.05, 0) is 46.9 Å². The van der Waals surface area contributed by atoms with E-state index in [-0.39, 0.29) is 6.10 Å². The maximum absolute atomic E-state index is 6.03. The maximum atomic E-state index is 6.03. The number of halogens is 1. The second-order valence-electron chi connectivity index (χ2n) is 4.88. The average Bonchev–Trinajstić information content (AvgIpc) is 2.83. The Morgan fingerprint density at radius 1 is 1.58 bits per heavy atom. The monoisotopic (exact) mass is 346 g/mol. The van der Waals surface area contributed by atoms with E-state index < -0.39 is 0 Å². The first kappa shape index (κ1) is 15.4. The number of morpholine rings is 1. The fourth-order valence-electron chi connectivity index (χ4n) is 2.59. The van der Waals surface area contributed by atoms with Crippen molar-refractivity contribution in [1.82, 2.24) is 10.2 Å². The lowest BCUT2D eigenvalue weighted by molar-refractivity contribution is -0.0463. The van der Waals surface area contributed by atoms with Gasteiger partial charge in [0.15, 0.2) is 0 Å². The van der Waals surface area contributed by atoms with E-state index in [0.717, 1.165) is 26.2 Å². The molecule has 2 heterocycles. The molecule has 1 N–H and O–H groups in total. The van der Waals surface area contributed by atoms with Crippen LogP contribution in [0, 0.1) is 0 Å². The van der Waals surface area contributed by atoms with Crippen molar-refractivity contribution in [3.63, 3.8) is 0 Å². The Kier molecular flexibility index (Phi) is 6.29. The van der Waals surface area contributed by atoms with Gasteiger partial charge in [-0.3, -0.25) is 4.90 Å². The zero-order valence-electron chi connectivity index (χ0n) is 11.7. The van der Waals surface area contributed by atoms with Crippen molar-refractivity contribution in [1.29, 1.82) is 0 Å². The third-order valence-corrected chi connectivity index (χ3v) is 5.39. The molecule has 0 aliphatic carbocycles. The van der Waals surface area contributed by atoms with Crippen molar-refractivity contribution >= 4 is 27.3 Å². The molecule has 0 aromatic carbocycles. The highest BCUT2D eigenvalue weighted by Crippen LogP contribution is 2.33. The average molecular weight is 347 g/mol. The summed E-state index contributed by atoms with van der Waals surface area (Å²) in [4.78, 5) is 3.87. The number of nitrogens with zero attached hydrogens (tertiary/aromatic N) is 1. The van der Waals surface area contributed by atoms with Crippen LogP contribution < -0.4 is 5.32 Å². The van der Waals surface area contributed by atoms with Gasteiger partial charge in [0.05, 0.1) is 18.8 Å².